The van der Waals surface area contributed by atoms with Crippen molar-refractivity contribution in [1.29, 1.82) is 0 Å². The highest BCUT2D eigenvalue weighted by molar-refractivity contribution is 6.32. The molecule has 154 valence electrons. The highest BCUT2D eigenvalue weighted by Crippen LogP contribution is 2.36. The van der Waals surface area contributed by atoms with Gasteiger partial charge in [-0.25, -0.2) is 4.79 Å². The maximum absolute atomic E-state index is 12.3. The van der Waals surface area contributed by atoms with Crippen molar-refractivity contribution in [2.24, 2.45) is 5.92 Å². The van der Waals surface area contributed by atoms with Crippen molar-refractivity contribution >= 4 is 29.6 Å². The van der Waals surface area contributed by atoms with Crippen LogP contribution in [-0.4, -0.2) is 38.2 Å². The number of esters is 1. The van der Waals surface area contributed by atoms with E-state index in [1.165, 1.54) is 26.7 Å². The Morgan fingerprint density at radius 3 is 2.57 bits per heavy atom. The van der Waals surface area contributed by atoms with E-state index in [4.69, 9.17) is 25.8 Å². The third-order valence-electron chi connectivity index (χ3n) is 4.97. The van der Waals surface area contributed by atoms with Gasteiger partial charge in [0.05, 0.1) is 19.2 Å². The first kappa shape index (κ1) is 22.1. The highest BCUT2D eigenvalue weighted by Gasteiger charge is 2.26. The average molecular weight is 410 g/mol. The number of benzene rings is 1. The van der Waals surface area contributed by atoms with Gasteiger partial charge < -0.3 is 19.5 Å². The van der Waals surface area contributed by atoms with Crippen LogP contribution in [0.2, 0.25) is 5.02 Å². The predicted molar refractivity (Wildman–Crippen MR) is 109 cm³/mol. The molecule has 28 heavy (non-hydrogen) atoms. The minimum absolute atomic E-state index is 0.145. The molecule has 1 N–H and O–H groups in total. The Kier molecular flexibility index (Phi) is 8.18. The lowest BCUT2D eigenvalue weighted by Gasteiger charge is -2.30. The van der Waals surface area contributed by atoms with E-state index in [0.29, 0.717) is 28.0 Å². The Balaban J connectivity index is 1.93. The molecular weight excluding hydrogens is 382 g/mol. The number of hydrogen-bond acceptors (Lipinski definition) is 5. The average Bonchev–Trinajstić information content (AvgIpc) is 2.67. The molecule has 1 fully saturated rings. The van der Waals surface area contributed by atoms with E-state index in [9.17, 15) is 9.59 Å². The topological polar surface area (TPSA) is 73.9 Å². The fourth-order valence-corrected chi connectivity index (χ4v) is 3.59. The zero-order valence-electron chi connectivity index (χ0n) is 16.8. The summed E-state index contributed by atoms with van der Waals surface area (Å²) < 4.78 is 15.6. The maximum atomic E-state index is 12.3. The van der Waals surface area contributed by atoms with Crippen LogP contribution in [0.25, 0.3) is 6.08 Å². The zero-order chi connectivity index (χ0) is 20.7. The SMILES string of the molecule is COc1cc(/C=C/C(=O)O[C@H](C)C(=O)N[C@H]2CCCC[C@H]2C)cc(Cl)c1OC. The molecule has 1 aromatic rings. The van der Waals surface area contributed by atoms with Crippen LogP contribution in [0.5, 0.6) is 11.5 Å². The first-order valence-electron chi connectivity index (χ1n) is 9.46. The predicted octanol–water partition coefficient (Wildman–Crippen LogP) is 4.00. The molecule has 0 spiro atoms. The normalized spacial score (nSPS) is 20.5. The van der Waals surface area contributed by atoms with Gasteiger partial charge in [-0.2, -0.15) is 0 Å². The number of nitrogens with one attached hydrogen (secondary N) is 1. The lowest BCUT2D eigenvalue weighted by Crippen LogP contribution is -2.45. The number of carbonyl (C=O) groups excluding carboxylic acids is 2. The van der Waals surface area contributed by atoms with Crippen molar-refractivity contribution in [3.8, 4) is 11.5 Å². The van der Waals surface area contributed by atoms with E-state index in [-0.39, 0.29) is 11.9 Å². The molecule has 6 nitrogen and oxygen atoms in total. The Hall–Kier alpha value is -2.21. The molecule has 3 atom stereocenters. The molecule has 1 aliphatic rings. The first-order valence-corrected chi connectivity index (χ1v) is 9.84. The van der Waals surface area contributed by atoms with Crippen LogP contribution in [0, 0.1) is 5.92 Å². The third kappa shape index (κ3) is 5.89. The number of ether oxygens (including phenoxy) is 3. The van der Waals surface area contributed by atoms with Gasteiger partial charge in [0, 0.05) is 12.1 Å². The van der Waals surface area contributed by atoms with Crippen LogP contribution in [0.15, 0.2) is 18.2 Å². The standard InChI is InChI=1S/C21H28ClNO5/c1-13-7-5-6-8-17(13)23-21(25)14(2)28-19(24)10-9-15-11-16(22)20(27-4)18(12-15)26-3/h9-14,17H,5-8H2,1-4H3,(H,23,25)/b10-9+/t13-,14-,17+/m1/s1. The fraction of sp³-hybridized carbons (Fsp3) is 0.524. The number of rotatable bonds is 7. The monoisotopic (exact) mass is 409 g/mol. The van der Waals surface area contributed by atoms with Crippen molar-refractivity contribution < 1.29 is 23.8 Å². The van der Waals surface area contributed by atoms with Gasteiger partial charge in [0.1, 0.15) is 0 Å². The van der Waals surface area contributed by atoms with Gasteiger partial charge in [-0.1, -0.05) is 31.4 Å². The van der Waals surface area contributed by atoms with Crippen LogP contribution < -0.4 is 14.8 Å². The molecule has 7 heteroatoms. The summed E-state index contributed by atoms with van der Waals surface area (Å²) in [6.07, 6.45) is 6.32. The summed E-state index contributed by atoms with van der Waals surface area (Å²) in [7, 11) is 3.00. The number of carbonyl (C=O) groups is 2. The van der Waals surface area contributed by atoms with Crippen molar-refractivity contribution in [3.63, 3.8) is 0 Å². The van der Waals surface area contributed by atoms with E-state index in [1.807, 2.05) is 0 Å². The molecule has 0 bridgehead atoms. The van der Waals surface area contributed by atoms with Crippen molar-refractivity contribution in [1.82, 2.24) is 5.32 Å². The van der Waals surface area contributed by atoms with Crippen LogP contribution in [0.1, 0.15) is 45.1 Å². The molecule has 0 aliphatic heterocycles. The summed E-state index contributed by atoms with van der Waals surface area (Å²) >= 11 is 6.15. The van der Waals surface area contributed by atoms with E-state index in [0.717, 1.165) is 19.3 Å². The smallest absolute Gasteiger partial charge is 0.331 e. The molecule has 0 saturated heterocycles. The number of hydrogen-bond donors (Lipinski definition) is 1. The number of methoxy groups -OCH3 is 2. The van der Waals surface area contributed by atoms with Gasteiger partial charge in [0.2, 0.25) is 0 Å². The molecule has 0 radical (unpaired) electrons. The molecule has 1 aromatic carbocycles. The molecule has 0 heterocycles. The molecule has 1 aliphatic carbocycles. The van der Waals surface area contributed by atoms with E-state index in [2.05, 4.69) is 12.2 Å². The van der Waals surface area contributed by atoms with Crippen molar-refractivity contribution in [3.05, 3.63) is 28.8 Å². The van der Waals surface area contributed by atoms with Crippen molar-refractivity contribution in [2.75, 3.05) is 14.2 Å². The third-order valence-corrected chi connectivity index (χ3v) is 5.25. The van der Waals surface area contributed by atoms with Crippen LogP contribution in [-0.2, 0) is 14.3 Å². The summed E-state index contributed by atoms with van der Waals surface area (Å²) in [5, 5.41) is 3.36. The Morgan fingerprint density at radius 1 is 1.21 bits per heavy atom. The zero-order valence-corrected chi connectivity index (χ0v) is 17.5. The van der Waals surface area contributed by atoms with Gasteiger partial charge in [-0.3, -0.25) is 4.79 Å². The maximum Gasteiger partial charge on any atom is 0.331 e. The van der Waals surface area contributed by atoms with E-state index < -0.39 is 12.1 Å². The van der Waals surface area contributed by atoms with Crippen LogP contribution in [0.3, 0.4) is 0 Å². The van der Waals surface area contributed by atoms with Gasteiger partial charge in [0.25, 0.3) is 5.91 Å². The van der Waals surface area contributed by atoms with Gasteiger partial charge in [-0.15, -0.1) is 0 Å². The molecule has 1 amide bonds. The number of amides is 1. The molecular formula is C21H28ClNO5. The molecule has 2 rings (SSSR count). The summed E-state index contributed by atoms with van der Waals surface area (Å²) in [5.41, 5.74) is 0.646. The second-order valence-corrected chi connectivity index (χ2v) is 7.43. The number of halogens is 1. The van der Waals surface area contributed by atoms with Crippen molar-refractivity contribution in [2.45, 2.75) is 51.7 Å². The van der Waals surface area contributed by atoms with E-state index in [1.54, 1.807) is 25.1 Å². The van der Waals surface area contributed by atoms with Crippen LogP contribution >= 0.6 is 11.6 Å². The quantitative estimate of drug-likeness (QED) is 0.544. The fourth-order valence-electron chi connectivity index (χ4n) is 3.30. The second kappa shape index (κ2) is 10.4. The Bertz CT molecular complexity index is 734. The van der Waals surface area contributed by atoms with Gasteiger partial charge >= 0.3 is 5.97 Å². The Labute approximate surface area is 171 Å². The lowest BCUT2D eigenvalue weighted by atomic mass is 9.86. The van der Waals surface area contributed by atoms with E-state index >= 15 is 0 Å². The first-order chi connectivity index (χ1) is 13.3. The second-order valence-electron chi connectivity index (χ2n) is 7.03. The Morgan fingerprint density at radius 2 is 1.93 bits per heavy atom. The lowest BCUT2D eigenvalue weighted by molar-refractivity contribution is -0.150. The molecule has 0 aromatic heterocycles. The summed E-state index contributed by atoms with van der Waals surface area (Å²) in [5.74, 6) is 0.443. The highest BCUT2D eigenvalue weighted by atomic mass is 35.5. The van der Waals surface area contributed by atoms with Gasteiger partial charge in [0.15, 0.2) is 17.6 Å². The minimum atomic E-state index is -0.861. The summed E-state index contributed by atoms with van der Waals surface area (Å²) in [6.45, 7) is 3.71. The van der Waals surface area contributed by atoms with Crippen LogP contribution in [0.4, 0.5) is 0 Å². The molecule has 0 unspecified atom stereocenters. The molecule has 1 saturated carbocycles. The minimum Gasteiger partial charge on any atom is -0.493 e. The van der Waals surface area contributed by atoms with Gasteiger partial charge in [-0.05, 0) is 49.5 Å². The summed E-state index contributed by atoms with van der Waals surface area (Å²) in [6, 6.07) is 3.48. The summed E-state index contributed by atoms with van der Waals surface area (Å²) in [4.78, 5) is 24.4. The largest absolute Gasteiger partial charge is 0.493 e.